The van der Waals surface area contributed by atoms with E-state index in [4.69, 9.17) is 4.74 Å². The second-order valence-corrected chi connectivity index (χ2v) is 12.0. The molecule has 162 valence electrons. The largest absolute Gasteiger partial charge is 0.469 e. The summed E-state index contributed by atoms with van der Waals surface area (Å²) in [5.74, 6) is 3.46. The molecule has 0 unspecified atom stereocenters. The molecule has 9 atom stereocenters. The molecule has 0 bridgehead atoms. The van der Waals surface area contributed by atoms with Crippen LogP contribution in [0.1, 0.15) is 71.6 Å². The molecule has 0 aliphatic heterocycles. The van der Waals surface area contributed by atoms with Gasteiger partial charge in [-0.1, -0.05) is 35.9 Å². The fraction of sp³-hybridized carbons (Fsp3) is 0.840. The number of ether oxygens (including phenoxy) is 1. The maximum atomic E-state index is 12.6. The van der Waals surface area contributed by atoms with Crippen molar-refractivity contribution in [1.82, 2.24) is 0 Å². The Morgan fingerprint density at radius 3 is 2.62 bits per heavy atom. The van der Waals surface area contributed by atoms with E-state index < -0.39 is 0 Å². The van der Waals surface area contributed by atoms with Crippen LogP contribution in [0.3, 0.4) is 0 Å². The van der Waals surface area contributed by atoms with Crippen LogP contribution in [0.25, 0.3) is 0 Å². The number of esters is 1. The first-order valence-corrected chi connectivity index (χ1v) is 12.5. The lowest BCUT2D eigenvalue weighted by Crippen LogP contribution is -2.55. The number of carbonyl (C=O) groups is 2. The average molecular weight is 465 g/mol. The summed E-state index contributed by atoms with van der Waals surface area (Å²) in [6, 6.07) is 0. The number of alkyl halides is 1. The van der Waals surface area contributed by atoms with Crippen LogP contribution in [-0.4, -0.2) is 23.7 Å². The maximum Gasteiger partial charge on any atom is 0.309 e. The lowest BCUT2D eigenvalue weighted by Gasteiger charge is -2.61. The highest BCUT2D eigenvalue weighted by atomic mass is 79.9. The van der Waals surface area contributed by atoms with Crippen molar-refractivity contribution < 1.29 is 14.3 Å². The smallest absolute Gasteiger partial charge is 0.309 e. The normalized spacial score (nSPS) is 47.5. The van der Waals surface area contributed by atoms with Gasteiger partial charge in [-0.3, -0.25) is 9.59 Å². The van der Waals surface area contributed by atoms with Crippen molar-refractivity contribution in [2.24, 2.45) is 46.3 Å². The Hall–Kier alpha value is -0.640. The van der Waals surface area contributed by atoms with Gasteiger partial charge in [-0.25, -0.2) is 0 Å². The molecule has 3 nitrogen and oxygen atoms in total. The number of halogens is 1. The predicted octanol–water partition coefficient (Wildman–Crippen LogP) is 5.95. The zero-order chi connectivity index (χ0) is 21.0. The van der Waals surface area contributed by atoms with Crippen LogP contribution >= 0.6 is 15.9 Å². The third-order valence-electron chi connectivity index (χ3n) is 9.96. The second-order valence-electron chi connectivity index (χ2n) is 10.9. The highest BCUT2D eigenvalue weighted by molar-refractivity contribution is 9.10. The molecular formula is C25H37BrO3. The molecule has 0 heterocycles. The standard InChI is InChI=1S/C25H37BrO3/c1-5-6-17(23(28)29-4)19-10-9-18-16-8-7-15-13-22(27)21(26)14-25(15,3)20(16)11-12-24(18,19)2/h5,15-21H,1,6-14H2,2-4H3/t15-,16-,17+,18-,19+,20-,21+,24-,25-/m0/s1. The Kier molecular flexibility index (Phi) is 5.81. The van der Waals surface area contributed by atoms with E-state index in [9.17, 15) is 9.59 Å². The van der Waals surface area contributed by atoms with E-state index in [0.29, 0.717) is 23.5 Å². The highest BCUT2D eigenvalue weighted by Crippen LogP contribution is 2.68. The molecule has 4 heteroatoms. The molecule has 4 aliphatic rings. The van der Waals surface area contributed by atoms with Crippen LogP contribution in [0, 0.1) is 46.3 Å². The fourth-order valence-corrected chi connectivity index (χ4v) is 9.40. The molecule has 0 N–H and O–H groups in total. The van der Waals surface area contributed by atoms with Crippen molar-refractivity contribution >= 4 is 27.7 Å². The Morgan fingerprint density at radius 1 is 1.21 bits per heavy atom. The van der Waals surface area contributed by atoms with Gasteiger partial charge in [0.25, 0.3) is 0 Å². The third-order valence-corrected chi connectivity index (χ3v) is 10.8. The number of hydrogen-bond donors (Lipinski definition) is 0. The van der Waals surface area contributed by atoms with E-state index in [1.165, 1.54) is 39.2 Å². The number of carbonyl (C=O) groups excluding carboxylic acids is 2. The summed E-state index contributed by atoms with van der Waals surface area (Å²) >= 11 is 3.69. The monoisotopic (exact) mass is 464 g/mol. The SMILES string of the molecule is C=CC[C@@H](C(=O)OC)[C@H]1CC[C@H]2[C@@H]3CC[C@H]4CC(=O)[C@H](Br)C[C@]4(C)[C@H]3CC[C@]12C. The molecule has 0 aromatic carbocycles. The van der Waals surface area contributed by atoms with Crippen molar-refractivity contribution in [3.05, 3.63) is 12.7 Å². The molecule has 4 rings (SSSR count). The van der Waals surface area contributed by atoms with Gasteiger partial charge in [-0.05, 0) is 91.8 Å². The molecule has 0 aromatic rings. The predicted molar refractivity (Wildman–Crippen MR) is 119 cm³/mol. The number of fused-ring (bicyclic) bond motifs is 5. The fourth-order valence-electron chi connectivity index (χ4n) is 8.52. The van der Waals surface area contributed by atoms with Crippen LogP contribution in [0.2, 0.25) is 0 Å². The van der Waals surface area contributed by atoms with E-state index in [1.54, 1.807) is 0 Å². The van der Waals surface area contributed by atoms with Gasteiger partial charge >= 0.3 is 5.97 Å². The molecule has 0 aromatic heterocycles. The first kappa shape index (κ1) is 21.6. The van der Waals surface area contributed by atoms with E-state index in [0.717, 1.165) is 37.5 Å². The van der Waals surface area contributed by atoms with Crippen molar-refractivity contribution in [3.8, 4) is 0 Å². The third kappa shape index (κ3) is 3.27. The minimum atomic E-state index is -0.0532. The first-order valence-electron chi connectivity index (χ1n) is 11.6. The minimum Gasteiger partial charge on any atom is -0.469 e. The van der Waals surface area contributed by atoms with Crippen molar-refractivity contribution in [2.75, 3.05) is 7.11 Å². The maximum absolute atomic E-state index is 12.6. The Morgan fingerprint density at radius 2 is 1.93 bits per heavy atom. The molecule has 0 saturated heterocycles. The van der Waals surface area contributed by atoms with E-state index in [2.05, 4.69) is 36.4 Å². The second kappa shape index (κ2) is 7.80. The molecule has 0 amide bonds. The van der Waals surface area contributed by atoms with Gasteiger partial charge in [0.1, 0.15) is 5.78 Å². The van der Waals surface area contributed by atoms with E-state index in [-0.39, 0.29) is 27.5 Å². The van der Waals surface area contributed by atoms with Crippen molar-refractivity contribution in [3.63, 3.8) is 0 Å². The summed E-state index contributed by atoms with van der Waals surface area (Å²) in [5, 5.41) is 0. The first-order chi connectivity index (χ1) is 13.8. The average Bonchev–Trinajstić information content (AvgIpc) is 3.04. The molecule has 29 heavy (non-hydrogen) atoms. The summed E-state index contributed by atoms with van der Waals surface area (Å²) in [6.45, 7) is 8.86. The zero-order valence-corrected chi connectivity index (χ0v) is 19.9. The highest BCUT2D eigenvalue weighted by Gasteiger charge is 2.62. The number of rotatable bonds is 4. The molecule has 4 aliphatic carbocycles. The van der Waals surface area contributed by atoms with Crippen LogP contribution in [0.4, 0.5) is 0 Å². The van der Waals surface area contributed by atoms with Gasteiger partial charge in [0.15, 0.2) is 0 Å². The van der Waals surface area contributed by atoms with Crippen LogP contribution in [0.15, 0.2) is 12.7 Å². The van der Waals surface area contributed by atoms with Gasteiger partial charge in [0.2, 0.25) is 0 Å². The van der Waals surface area contributed by atoms with Crippen LogP contribution in [0.5, 0.6) is 0 Å². The molecule has 0 radical (unpaired) electrons. The number of Topliss-reactive ketones (excluding diaryl/α,β-unsaturated/α-hetero) is 1. The number of hydrogen-bond acceptors (Lipinski definition) is 3. The molecular weight excluding hydrogens is 428 g/mol. The van der Waals surface area contributed by atoms with Gasteiger partial charge in [0, 0.05) is 6.42 Å². The topological polar surface area (TPSA) is 43.4 Å². The lowest BCUT2D eigenvalue weighted by molar-refractivity contribution is -0.153. The van der Waals surface area contributed by atoms with E-state index >= 15 is 0 Å². The number of allylic oxidation sites excluding steroid dienone is 1. The zero-order valence-electron chi connectivity index (χ0n) is 18.3. The number of ketones is 1. The van der Waals surface area contributed by atoms with E-state index in [1.807, 2.05) is 6.08 Å². The Labute approximate surface area is 184 Å². The summed E-state index contributed by atoms with van der Waals surface area (Å²) in [6.07, 6.45) is 11.7. The summed E-state index contributed by atoms with van der Waals surface area (Å²) in [5.41, 5.74) is 0.512. The quantitative estimate of drug-likeness (QED) is 0.293. The summed E-state index contributed by atoms with van der Waals surface area (Å²) in [7, 11) is 1.52. The van der Waals surface area contributed by atoms with Gasteiger partial charge < -0.3 is 4.74 Å². The van der Waals surface area contributed by atoms with Crippen LogP contribution in [-0.2, 0) is 14.3 Å². The Bertz CT molecular complexity index is 690. The van der Waals surface area contributed by atoms with Crippen molar-refractivity contribution in [1.29, 1.82) is 0 Å². The molecule has 4 fully saturated rings. The molecule has 0 spiro atoms. The van der Waals surface area contributed by atoms with Gasteiger partial charge in [0.05, 0.1) is 17.9 Å². The number of methoxy groups -OCH3 is 1. The lowest BCUT2D eigenvalue weighted by atomic mass is 9.44. The Balaban J connectivity index is 1.60. The van der Waals surface area contributed by atoms with Crippen LogP contribution < -0.4 is 0 Å². The summed E-state index contributed by atoms with van der Waals surface area (Å²) < 4.78 is 5.19. The minimum absolute atomic E-state index is 0.0448. The van der Waals surface area contributed by atoms with Gasteiger partial charge in [-0.2, -0.15) is 0 Å². The van der Waals surface area contributed by atoms with Crippen molar-refractivity contribution in [2.45, 2.75) is 76.5 Å². The van der Waals surface area contributed by atoms with Gasteiger partial charge in [-0.15, -0.1) is 6.58 Å². The molecule has 4 saturated carbocycles. The summed E-state index contributed by atoms with van der Waals surface area (Å²) in [4.78, 5) is 25.0.